The molecule has 1 aliphatic rings. The smallest absolute Gasteiger partial charge is 0.137 e. The molecule has 7 aromatic rings. The van der Waals surface area contributed by atoms with Crippen LogP contribution in [-0.2, 0) is 10.8 Å². The summed E-state index contributed by atoms with van der Waals surface area (Å²) >= 11 is 0. The first-order valence-corrected chi connectivity index (χ1v) is 19.5. The van der Waals surface area contributed by atoms with Gasteiger partial charge in [-0.2, -0.15) is 0 Å². The van der Waals surface area contributed by atoms with Gasteiger partial charge in [0.15, 0.2) is 0 Å². The Balaban J connectivity index is 1.22. The Labute approximate surface area is 320 Å². The fraction of sp³-hybridized carbons (Fsp3) is 0.286. The first-order chi connectivity index (χ1) is 25.9. The van der Waals surface area contributed by atoms with Crippen LogP contribution in [0.25, 0.3) is 27.6 Å². The highest BCUT2D eigenvalue weighted by Crippen LogP contribution is 2.46. The zero-order valence-electron chi connectivity index (χ0n) is 33.0. The number of ether oxygens (including phenoxy) is 1. The predicted molar refractivity (Wildman–Crippen MR) is 228 cm³/mol. The monoisotopic (exact) mass is 712 g/mol. The molecule has 3 heterocycles. The summed E-state index contributed by atoms with van der Waals surface area (Å²) in [7, 11) is 0. The van der Waals surface area contributed by atoms with Crippen molar-refractivity contribution in [2.45, 2.75) is 85.0 Å². The number of benzene rings is 5. The second-order valence-electron chi connectivity index (χ2n) is 16.8. The SMILES string of the molecule is CCC(CC)c1cc(Oc2ccc3c4ccccc4n(-c4cc(C(C)(C)C)ccn4)c3c2)cc(N2CN(c3cccc(C(C)(C)C)c3)c3ccccc32)c1. The van der Waals surface area contributed by atoms with Gasteiger partial charge in [-0.05, 0) is 113 Å². The van der Waals surface area contributed by atoms with Gasteiger partial charge in [0.25, 0.3) is 0 Å². The lowest BCUT2D eigenvalue weighted by Crippen LogP contribution is -2.24. The molecule has 8 rings (SSSR count). The van der Waals surface area contributed by atoms with E-state index in [1.165, 1.54) is 44.5 Å². The van der Waals surface area contributed by atoms with Crippen LogP contribution in [0, 0.1) is 0 Å². The van der Waals surface area contributed by atoms with E-state index in [0.29, 0.717) is 12.6 Å². The average molecular weight is 713 g/mol. The van der Waals surface area contributed by atoms with E-state index in [1.54, 1.807) is 0 Å². The largest absolute Gasteiger partial charge is 0.457 e. The Morgan fingerprint density at radius 1 is 0.593 bits per heavy atom. The third-order valence-electron chi connectivity index (χ3n) is 11.2. The second-order valence-corrected chi connectivity index (χ2v) is 16.8. The number of anilines is 4. The molecule has 0 spiro atoms. The van der Waals surface area contributed by atoms with Gasteiger partial charge in [-0.3, -0.25) is 4.57 Å². The highest BCUT2D eigenvalue weighted by Gasteiger charge is 2.29. The molecule has 0 aliphatic carbocycles. The van der Waals surface area contributed by atoms with Crippen LogP contribution in [0.4, 0.5) is 22.7 Å². The molecule has 2 aromatic heterocycles. The second kappa shape index (κ2) is 13.7. The van der Waals surface area contributed by atoms with Gasteiger partial charge in [-0.15, -0.1) is 0 Å². The first-order valence-electron chi connectivity index (χ1n) is 19.5. The average Bonchev–Trinajstić information content (AvgIpc) is 3.71. The van der Waals surface area contributed by atoms with Crippen LogP contribution in [0.3, 0.4) is 0 Å². The summed E-state index contributed by atoms with van der Waals surface area (Å²) in [6.07, 6.45) is 4.06. The first kappa shape index (κ1) is 35.5. The number of aromatic nitrogens is 2. The van der Waals surface area contributed by atoms with Crippen molar-refractivity contribution in [2.24, 2.45) is 0 Å². The minimum absolute atomic E-state index is 0.00559. The van der Waals surface area contributed by atoms with E-state index >= 15 is 0 Å². The van der Waals surface area contributed by atoms with Gasteiger partial charge in [0.1, 0.15) is 24.0 Å². The lowest BCUT2D eigenvalue weighted by molar-refractivity contribution is 0.481. The normalized spacial score (nSPS) is 13.4. The van der Waals surface area contributed by atoms with Crippen molar-refractivity contribution >= 4 is 44.6 Å². The highest BCUT2D eigenvalue weighted by atomic mass is 16.5. The number of nitrogens with zero attached hydrogens (tertiary/aromatic N) is 4. The lowest BCUT2D eigenvalue weighted by Gasteiger charge is -2.26. The standard InChI is InChI=1S/C49H52N4O/c1-9-33(10-2)34-26-38(52-32-51(44-20-13-14-21-45(44)52)37-17-15-16-35(28-37)48(3,4)5)30-40(27-34)54-39-22-23-42-41-18-11-12-19-43(41)53(46(42)31-39)47-29-36(24-25-50-47)49(6,7)8/h11-31,33H,9-10,32H2,1-8H3. The molecule has 1 aliphatic heterocycles. The summed E-state index contributed by atoms with van der Waals surface area (Å²) in [5, 5.41) is 2.38. The maximum absolute atomic E-state index is 6.91. The summed E-state index contributed by atoms with van der Waals surface area (Å²) in [6.45, 7) is 18.9. The van der Waals surface area contributed by atoms with E-state index in [9.17, 15) is 0 Å². The fourth-order valence-corrected chi connectivity index (χ4v) is 8.02. The van der Waals surface area contributed by atoms with Crippen LogP contribution in [0.15, 0.2) is 128 Å². The molecule has 0 saturated heterocycles. The van der Waals surface area contributed by atoms with Gasteiger partial charge in [0.2, 0.25) is 0 Å². The summed E-state index contributed by atoms with van der Waals surface area (Å²) in [4.78, 5) is 9.76. The molecule has 0 amide bonds. The number of hydrogen-bond donors (Lipinski definition) is 0. The molecular formula is C49H52N4O. The van der Waals surface area contributed by atoms with Crippen molar-refractivity contribution in [3.05, 3.63) is 144 Å². The zero-order chi connectivity index (χ0) is 37.8. The molecule has 274 valence electrons. The van der Waals surface area contributed by atoms with Gasteiger partial charge in [-0.25, -0.2) is 4.98 Å². The van der Waals surface area contributed by atoms with Crippen molar-refractivity contribution in [2.75, 3.05) is 16.5 Å². The third-order valence-corrected chi connectivity index (χ3v) is 11.2. The van der Waals surface area contributed by atoms with E-state index in [0.717, 1.165) is 46.9 Å². The molecule has 0 fully saturated rings. The Hall–Kier alpha value is -5.55. The summed E-state index contributed by atoms with van der Waals surface area (Å²) in [5.74, 6) is 2.98. The minimum Gasteiger partial charge on any atom is -0.457 e. The van der Waals surface area contributed by atoms with Gasteiger partial charge in [0, 0.05) is 40.5 Å². The van der Waals surface area contributed by atoms with E-state index < -0.39 is 0 Å². The minimum atomic E-state index is 0.00559. The van der Waals surface area contributed by atoms with Gasteiger partial charge >= 0.3 is 0 Å². The van der Waals surface area contributed by atoms with Gasteiger partial charge in [0.05, 0.1) is 22.4 Å². The maximum atomic E-state index is 6.91. The number of rotatable bonds is 8. The Morgan fingerprint density at radius 3 is 1.98 bits per heavy atom. The quantitative estimate of drug-likeness (QED) is 0.157. The fourth-order valence-electron chi connectivity index (χ4n) is 8.02. The van der Waals surface area contributed by atoms with E-state index in [2.05, 4.69) is 191 Å². The van der Waals surface area contributed by atoms with Crippen LogP contribution in [-0.4, -0.2) is 16.2 Å². The topological polar surface area (TPSA) is 33.5 Å². The van der Waals surface area contributed by atoms with Gasteiger partial charge < -0.3 is 14.5 Å². The van der Waals surface area contributed by atoms with Crippen LogP contribution in [0.1, 0.15) is 90.8 Å². The molecule has 0 atom stereocenters. The number of para-hydroxylation sites is 3. The molecular weight excluding hydrogens is 661 g/mol. The molecule has 0 unspecified atom stereocenters. The lowest BCUT2D eigenvalue weighted by atomic mass is 9.87. The zero-order valence-corrected chi connectivity index (χ0v) is 33.0. The van der Waals surface area contributed by atoms with E-state index in [1.807, 2.05) is 6.20 Å². The summed E-state index contributed by atoms with van der Waals surface area (Å²) in [5.41, 5.74) is 10.9. The molecule has 5 heteroatoms. The van der Waals surface area contributed by atoms with E-state index in [-0.39, 0.29) is 10.8 Å². The molecule has 0 bridgehead atoms. The van der Waals surface area contributed by atoms with Crippen molar-refractivity contribution in [3.8, 4) is 17.3 Å². The number of pyridine rings is 1. The molecule has 5 nitrogen and oxygen atoms in total. The van der Waals surface area contributed by atoms with Crippen LogP contribution >= 0.6 is 0 Å². The Morgan fingerprint density at radius 2 is 1.26 bits per heavy atom. The van der Waals surface area contributed by atoms with Crippen molar-refractivity contribution in [3.63, 3.8) is 0 Å². The van der Waals surface area contributed by atoms with Crippen LogP contribution in [0.5, 0.6) is 11.5 Å². The van der Waals surface area contributed by atoms with Crippen molar-refractivity contribution in [1.82, 2.24) is 9.55 Å². The Kier molecular flexibility index (Phi) is 9.00. The molecule has 0 N–H and O–H groups in total. The van der Waals surface area contributed by atoms with Gasteiger partial charge in [-0.1, -0.05) is 97.9 Å². The van der Waals surface area contributed by atoms with Crippen LogP contribution in [0.2, 0.25) is 0 Å². The number of hydrogen-bond acceptors (Lipinski definition) is 4. The molecule has 54 heavy (non-hydrogen) atoms. The third kappa shape index (κ3) is 6.51. The highest BCUT2D eigenvalue weighted by molar-refractivity contribution is 6.09. The predicted octanol–water partition coefficient (Wildman–Crippen LogP) is 13.7. The Bertz CT molecular complexity index is 2480. The van der Waals surface area contributed by atoms with Crippen molar-refractivity contribution in [1.29, 1.82) is 0 Å². The van der Waals surface area contributed by atoms with E-state index in [4.69, 9.17) is 9.72 Å². The summed E-state index contributed by atoms with van der Waals surface area (Å²) in [6, 6.07) is 44.0. The molecule has 0 saturated carbocycles. The maximum Gasteiger partial charge on any atom is 0.137 e. The molecule has 5 aromatic carbocycles. The van der Waals surface area contributed by atoms with Crippen LogP contribution < -0.4 is 14.5 Å². The summed E-state index contributed by atoms with van der Waals surface area (Å²) < 4.78 is 9.19. The molecule has 0 radical (unpaired) electrons. The van der Waals surface area contributed by atoms with Crippen molar-refractivity contribution < 1.29 is 4.74 Å². The number of fused-ring (bicyclic) bond motifs is 4.